The highest BCUT2D eigenvalue weighted by Gasteiger charge is 2.19. The van der Waals surface area contributed by atoms with Gasteiger partial charge in [0.15, 0.2) is 5.13 Å². The topological polar surface area (TPSA) is 41.4 Å². The largest absolute Gasteiger partial charge is 0.345 e. The summed E-state index contributed by atoms with van der Waals surface area (Å²) in [6.45, 7) is 7.59. The Morgan fingerprint density at radius 2 is 1.91 bits per heavy atom. The molecule has 0 aliphatic carbocycles. The van der Waals surface area contributed by atoms with Gasteiger partial charge in [0, 0.05) is 44.7 Å². The molecule has 1 fully saturated rings. The van der Waals surface area contributed by atoms with Crippen LogP contribution in [0.25, 0.3) is 21.1 Å². The fourth-order valence-electron chi connectivity index (χ4n) is 3.22. The first-order valence-electron chi connectivity index (χ1n) is 8.04. The van der Waals surface area contributed by atoms with Gasteiger partial charge in [-0.15, -0.1) is 0 Å². The third-order valence-corrected chi connectivity index (χ3v) is 5.90. The highest BCUT2D eigenvalue weighted by molar-refractivity contribution is 7.23. The van der Waals surface area contributed by atoms with Crippen molar-refractivity contribution in [3.63, 3.8) is 0 Å². The number of hydrogen-bond acceptors (Lipinski definition) is 5. The van der Waals surface area contributed by atoms with Crippen LogP contribution in [0.3, 0.4) is 0 Å². The van der Waals surface area contributed by atoms with Gasteiger partial charge in [0.1, 0.15) is 0 Å². The lowest BCUT2D eigenvalue weighted by molar-refractivity contribution is 0.271. The molecule has 120 valence electrons. The molecule has 5 nitrogen and oxygen atoms in total. The second-order valence-corrected chi connectivity index (χ2v) is 6.97. The summed E-state index contributed by atoms with van der Waals surface area (Å²) in [5.74, 6) is 0. The van der Waals surface area contributed by atoms with E-state index in [9.17, 15) is 4.79 Å². The lowest BCUT2D eigenvalue weighted by Crippen LogP contribution is -2.46. The number of anilines is 1. The normalized spacial score (nSPS) is 16.5. The Morgan fingerprint density at radius 3 is 2.65 bits per heavy atom. The van der Waals surface area contributed by atoms with Crippen LogP contribution in [0.1, 0.15) is 6.92 Å². The Bertz CT molecular complexity index is 921. The van der Waals surface area contributed by atoms with Crippen molar-refractivity contribution < 1.29 is 0 Å². The highest BCUT2D eigenvalue weighted by Crippen LogP contribution is 2.34. The molecule has 0 saturated carbocycles. The molecule has 0 radical (unpaired) electrons. The average Bonchev–Trinajstić information content (AvgIpc) is 3.02. The minimum atomic E-state index is 0.0253. The van der Waals surface area contributed by atoms with E-state index in [0.717, 1.165) is 54.3 Å². The molecule has 0 unspecified atom stereocenters. The Morgan fingerprint density at radius 1 is 1.13 bits per heavy atom. The summed E-state index contributed by atoms with van der Waals surface area (Å²) in [7, 11) is 1.82. The number of nitrogens with zero attached hydrogens (tertiary/aromatic N) is 4. The SMILES string of the molecule is CCN1CCN(c2nc3ccc4c(ccc(=O)n4C)c3s2)CC1. The molecule has 2 aromatic heterocycles. The third-order valence-electron chi connectivity index (χ3n) is 4.74. The molecular weight excluding hydrogens is 308 g/mol. The maximum Gasteiger partial charge on any atom is 0.250 e. The van der Waals surface area contributed by atoms with Crippen LogP contribution in [0.2, 0.25) is 0 Å². The molecule has 3 heterocycles. The van der Waals surface area contributed by atoms with Crippen LogP contribution in [0, 0.1) is 0 Å². The molecule has 1 saturated heterocycles. The quantitative estimate of drug-likeness (QED) is 0.724. The van der Waals surface area contributed by atoms with E-state index in [-0.39, 0.29) is 5.56 Å². The van der Waals surface area contributed by atoms with Gasteiger partial charge in [-0.25, -0.2) is 4.98 Å². The van der Waals surface area contributed by atoms with E-state index in [1.54, 1.807) is 22.0 Å². The molecule has 0 bridgehead atoms. The number of rotatable bonds is 2. The van der Waals surface area contributed by atoms with Crippen molar-refractivity contribution in [3.05, 3.63) is 34.6 Å². The smallest absolute Gasteiger partial charge is 0.250 e. The lowest BCUT2D eigenvalue weighted by atomic mass is 10.2. The molecule has 1 aliphatic heterocycles. The Kier molecular flexibility index (Phi) is 3.58. The van der Waals surface area contributed by atoms with E-state index in [0.29, 0.717) is 0 Å². The Balaban J connectivity index is 1.78. The Hall–Kier alpha value is -1.92. The van der Waals surface area contributed by atoms with Crippen molar-refractivity contribution in [2.24, 2.45) is 7.05 Å². The molecule has 0 amide bonds. The number of aryl methyl sites for hydroxylation is 1. The van der Waals surface area contributed by atoms with E-state index in [2.05, 4.69) is 16.7 Å². The van der Waals surface area contributed by atoms with Gasteiger partial charge < -0.3 is 14.4 Å². The van der Waals surface area contributed by atoms with Crippen molar-refractivity contribution in [3.8, 4) is 0 Å². The van der Waals surface area contributed by atoms with Gasteiger partial charge in [0.25, 0.3) is 5.56 Å². The van der Waals surface area contributed by atoms with Crippen LogP contribution in [-0.4, -0.2) is 47.2 Å². The summed E-state index contributed by atoms with van der Waals surface area (Å²) in [4.78, 5) is 21.5. The van der Waals surface area contributed by atoms with Crippen LogP contribution < -0.4 is 10.5 Å². The highest BCUT2D eigenvalue weighted by atomic mass is 32.1. The molecule has 23 heavy (non-hydrogen) atoms. The fraction of sp³-hybridized carbons (Fsp3) is 0.412. The number of fused-ring (bicyclic) bond motifs is 3. The molecule has 4 rings (SSSR count). The van der Waals surface area contributed by atoms with Gasteiger partial charge in [0.05, 0.1) is 15.7 Å². The summed E-state index contributed by atoms with van der Waals surface area (Å²) in [6, 6.07) is 7.59. The third kappa shape index (κ3) is 2.42. The van der Waals surface area contributed by atoms with Crippen molar-refractivity contribution in [2.75, 3.05) is 37.6 Å². The summed E-state index contributed by atoms with van der Waals surface area (Å²) < 4.78 is 2.87. The number of pyridine rings is 1. The molecule has 1 aromatic carbocycles. The zero-order valence-electron chi connectivity index (χ0n) is 13.5. The van der Waals surface area contributed by atoms with E-state index < -0.39 is 0 Å². The van der Waals surface area contributed by atoms with Gasteiger partial charge in [-0.05, 0) is 24.7 Å². The zero-order chi connectivity index (χ0) is 16.0. The minimum Gasteiger partial charge on any atom is -0.345 e. The van der Waals surface area contributed by atoms with Crippen molar-refractivity contribution >= 4 is 37.6 Å². The molecule has 0 spiro atoms. The number of aromatic nitrogens is 2. The summed E-state index contributed by atoms with van der Waals surface area (Å²) in [5, 5.41) is 2.21. The molecule has 1 aliphatic rings. The van der Waals surface area contributed by atoms with Crippen LogP contribution in [0.5, 0.6) is 0 Å². The average molecular weight is 328 g/mol. The van der Waals surface area contributed by atoms with Crippen molar-refractivity contribution in [1.29, 1.82) is 0 Å². The second kappa shape index (κ2) is 5.62. The van der Waals surface area contributed by atoms with Crippen LogP contribution in [0.15, 0.2) is 29.1 Å². The standard InChI is InChI=1S/C17H20N4OS/c1-3-20-8-10-21(11-9-20)17-18-13-5-6-14-12(16(13)23-17)4-7-15(22)19(14)2/h4-7H,3,8-11H2,1-2H3. The van der Waals surface area contributed by atoms with Gasteiger partial charge in [0.2, 0.25) is 0 Å². The summed E-state index contributed by atoms with van der Waals surface area (Å²) >= 11 is 1.74. The summed E-state index contributed by atoms with van der Waals surface area (Å²) in [6.07, 6.45) is 0. The van der Waals surface area contributed by atoms with E-state index in [1.807, 2.05) is 25.2 Å². The maximum absolute atomic E-state index is 11.8. The van der Waals surface area contributed by atoms with Gasteiger partial charge in [-0.3, -0.25) is 4.79 Å². The van der Waals surface area contributed by atoms with Crippen LogP contribution in [-0.2, 0) is 7.05 Å². The van der Waals surface area contributed by atoms with Crippen LogP contribution in [0.4, 0.5) is 5.13 Å². The first-order valence-corrected chi connectivity index (χ1v) is 8.85. The van der Waals surface area contributed by atoms with E-state index in [1.165, 1.54) is 4.70 Å². The van der Waals surface area contributed by atoms with Crippen molar-refractivity contribution in [1.82, 2.24) is 14.5 Å². The molecule has 0 atom stereocenters. The first kappa shape index (κ1) is 14.7. The van der Waals surface area contributed by atoms with Gasteiger partial charge >= 0.3 is 0 Å². The molecule has 6 heteroatoms. The monoisotopic (exact) mass is 328 g/mol. The first-order chi connectivity index (χ1) is 11.2. The minimum absolute atomic E-state index is 0.0253. The van der Waals surface area contributed by atoms with E-state index in [4.69, 9.17) is 4.98 Å². The number of hydrogen-bond donors (Lipinski definition) is 0. The fourth-order valence-corrected chi connectivity index (χ4v) is 4.36. The van der Waals surface area contributed by atoms with Crippen LogP contribution >= 0.6 is 11.3 Å². The van der Waals surface area contributed by atoms with E-state index >= 15 is 0 Å². The second-order valence-electron chi connectivity index (χ2n) is 5.99. The zero-order valence-corrected chi connectivity index (χ0v) is 14.3. The molecular formula is C17H20N4OS. The predicted molar refractivity (Wildman–Crippen MR) is 96.7 cm³/mol. The van der Waals surface area contributed by atoms with Gasteiger partial charge in [-0.2, -0.15) is 0 Å². The predicted octanol–water partition coefficient (Wildman–Crippen LogP) is 2.29. The number of thiazole rings is 1. The Labute approximate surface area is 138 Å². The van der Waals surface area contributed by atoms with Gasteiger partial charge in [-0.1, -0.05) is 18.3 Å². The lowest BCUT2D eigenvalue weighted by Gasteiger charge is -2.33. The number of piperazine rings is 1. The maximum atomic E-state index is 11.8. The van der Waals surface area contributed by atoms with Crippen molar-refractivity contribution in [2.45, 2.75) is 6.92 Å². The number of likely N-dealkylation sites (N-methyl/N-ethyl adjacent to an activating group) is 1. The number of benzene rings is 1. The molecule has 0 N–H and O–H groups in total. The summed E-state index contributed by atoms with van der Waals surface area (Å²) in [5.41, 5.74) is 2.02. The molecule has 3 aromatic rings.